The molecule has 0 saturated heterocycles. The van der Waals surface area contributed by atoms with E-state index in [2.05, 4.69) is 20.0 Å². The molecule has 136 valence electrons. The second-order valence-corrected chi connectivity index (χ2v) is 7.92. The van der Waals surface area contributed by atoms with Gasteiger partial charge in [-0.3, -0.25) is 0 Å². The molecule has 0 bridgehead atoms. The summed E-state index contributed by atoms with van der Waals surface area (Å²) in [6, 6.07) is 6.68. The molecule has 9 heteroatoms. The second-order valence-electron chi connectivity index (χ2n) is 5.77. The summed E-state index contributed by atoms with van der Waals surface area (Å²) in [7, 11) is 0.171. The predicted molar refractivity (Wildman–Crippen MR) is 101 cm³/mol. The van der Waals surface area contributed by atoms with Crippen LogP contribution in [0, 0.1) is 13.8 Å². The Bertz CT molecular complexity index is 856. The standard InChI is InChI=1S/C16H22ClN5O2S/c1-11-10-15(22(3)4)21-16(20-11)18-8-9-19-25(23,24)14-7-5-6-13(17)12(14)2/h5-7,10,19H,8-9H2,1-4H3,(H,18,20,21). The van der Waals surface area contributed by atoms with Gasteiger partial charge in [0.15, 0.2) is 0 Å². The molecule has 1 aromatic carbocycles. The summed E-state index contributed by atoms with van der Waals surface area (Å²) in [4.78, 5) is 10.7. The van der Waals surface area contributed by atoms with Crippen LogP contribution >= 0.6 is 11.6 Å². The SMILES string of the molecule is Cc1cc(N(C)C)nc(NCCNS(=O)(=O)c2cccc(Cl)c2C)n1. The average Bonchev–Trinajstić information content (AvgIpc) is 2.53. The number of halogens is 1. The van der Waals surface area contributed by atoms with E-state index in [1.807, 2.05) is 32.0 Å². The molecule has 2 aromatic rings. The van der Waals surface area contributed by atoms with Crippen LogP contribution in [0.5, 0.6) is 0 Å². The lowest BCUT2D eigenvalue weighted by atomic mass is 10.2. The highest BCUT2D eigenvalue weighted by molar-refractivity contribution is 7.89. The zero-order valence-corrected chi connectivity index (χ0v) is 16.2. The number of sulfonamides is 1. The van der Waals surface area contributed by atoms with E-state index in [1.165, 1.54) is 6.07 Å². The molecule has 0 radical (unpaired) electrons. The Morgan fingerprint density at radius 2 is 1.88 bits per heavy atom. The van der Waals surface area contributed by atoms with E-state index in [0.29, 0.717) is 23.1 Å². The van der Waals surface area contributed by atoms with Gasteiger partial charge in [0.25, 0.3) is 0 Å². The lowest BCUT2D eigenvalue weighted by Gasteiger charge is -2.14. The molecule has 1 heterocycles. The normalized spacial score (nSPS) is 11.4. The number of anilines is 2. The summed E-state index contributed by atoms with van der Waals surface area (Å²) in [6.07, 6.45) is 0. The first kappa shape index (κ1) is 19.4. The van der Waals surface area contributed by atoms with Gasteiger partial charge < -0.3 is 10.2 Å². The van der Waals surface area contributed by atoms with Gasteiger partial charge in [-0.15, -0.1) is 0 Å². The van der Waals surface area contributed by atoms with Gasteiger partial charge in [0.2, 0.25) is 16.0 Å². The van der Waals surface area contributed by atoms with Gasteiger partial charge in [-0.05, 0) is 31.5 Å². The van der Waals surface area contributed by atoms with Crippen molar-refractivity contribution in [3.05, 3.63) is 40.5 Å². The molecule has 0 spiro atoms. The maximum Gasteiger partial charge on any atom is 0.240 e. The summed E-state index contributed by atoms with van der Waals surface area (Å²) >= 11 is 5.99. The number of aromatic nitrogens is 2. The predicted octanol–water partition coefficient (Wildman–Crippen LogP) is 2.20. The Balaban J connectivity index is 1.98. The van der Waals surface area contributed by atoms with Gasteiger partial charge in [0, 0.05) is 44.0 Å². The van der Waals surface area contributed by atoms with Gasteiger partial charge in [-0.1, -0.05) is 17.7 Å². The Morgan fingerprint density at radius 3 is 2.56 bits per heavy atom. The van der Waals surface area contributed by atoms with Gasteiger partial charge in [0.05, 0.1) is 4.90 Å². The van der Waals surface area contributed by atoms with Gasteiger partial charge >= 0.3 is 0 Å². The van der Waals surface area contributed by atoms with Crippen LogP contribution in [0.1, 0.15) is 11.3 Å². The molecule has 7 nitrogen and oxygen atoms in total. The number of hydrogen-bond acceptors (Lipinski definition) is 6. The van der Waals surface area contributed by atoms with Crippen molar-refractivity contribution in [3.63, 3.8) is 0 Å². The van der Waals surface area contributed by atoms with E-state index in [9.17, 15) is 8.42 Å². The zero-order chi connectivity index (χ0) is 18.6. The second kappa shape index (κ2) is 7.99. The van der Waals surface area contributed by atoms with Crippen molar-refractivity contribution in [3.8, 4) is 0 Å². The number of nitrogens with zero attached hydrogens (tertiary/aromatic N) is 3. The van der Waals surface area contributed by atoms with Crippen molar-refractivity contribution in [1.29, 1.82) is 0 Å². The maximum absolute atomic E-state index is 12.4. The van der Waals surface area contributed by atoms with E-state index in [4.69, 9.17) is 11.6 Å². The van der Waals surface area contributed by atoms with Crippen LogP contribution in [-0.4, -0.2) is 45.6 Å². The minimum absolute atomic E-state index is 0.182. The largest absolute Gasteiger partial charge is 0.363 e. The van der Waals surface area contributed by atoms with Crippen LogP contribution in [0.2, 0.25) is 5.02 Å². The Hall–Kier alpha value is -1.90. The van der Waals surface area contributed by atoms with Crippen LogP contribution in [0.15, 0.2) is 29.2 Å². The molecule has 0 fully saturated rings. The van der Waals surface area contributed by atoms with Crippen LogP contribution in [-0.2, 0) is 10.0 Å². The molecule has 0 unspecified atom stereocenters. The van der Waals surface area contributed by atoms with Gasteiger partial charge in [-0.2, -0.15) is 4.98 Å². The van der Waals surface area contributed by atoms with Crippen molar-refractivity contribution in [1.82, 2.24) is 14.7 Å². The fourth-order valence-electron chi connectivity index (χ4n) is 2.18. The molecule has 0 aliphatic heterocycles. The first-order valence-electron chi connectivity index (χ1n) is 7.72. The third kappa shape index (κ3) is 5.04. The van der Waals surface area contributed by atoms with E-state index in [0.717, 1.165) is 11.5 Å². The first-order valence-corrected chi connectivity index (χ1v) is 9.58. The molecule has 0 saturated carbocycles. The van der Waals surface area contributed by atoms with E-state index < -0.39 is 10.0 Å². The number of hydrogen-bond donors (Lipinski definition) is 2. The molecule has 25 heavy (non-hydrogen) atoms. The summed E-state index contributed by atoms with van der Waals surface area (Å²) < 4.78 is 27.3. The Morgan fingerprint density at radius 1 is 1.16 bits per heavy atom. The highest BCUT2D eigenvalue weighted by Crippen LogP contribution is 2.22. The summed E-state index contributed by atoms with van der Waals surface area (Å²) in [5, 5.41) is 3.45. The molecule has 2 rings (SSSR count). The maximum atomic E-state index is 12.4. The zero-order valence-electron chi connectivity index (χ0n) is 14.7. The van der Waals surface area contributed by atoms with E-state index >= 15 is 0 Å². The summed E-state index contributed by atoms with van der Waals surface area (Å²) in [6.45, 7) is 4.11. The van der Waals surface area contributed by atoms with Gasteiger partial charge in [0.1, 0.15) is 5.82 Å². The lowest BCUT2D eigenvalue weighted by Crippen LogP contribution is -2.29. The minimum Gasteiger partial charge on any atom is -0.363 e. The number of rotatable bonds is 7. The van der Waals surface area contributed by atoms with Crippen molar-refractivity contribution >= 4 is 33.4 Å². The lowest BCUT2D eigenvalue weighted by molar-refractivity contribution is 0.582. The van der Waals surface area contributed by atoms with Crippen molar-refractivity contribution in [2.24, 2.45) is 0 Å². The number of aryl methyl sites for hydroxylation is 1. The quantitative estimate of drug-likeness (QED) is 0.713. The molecule has 0 aliphatic rings. The third-order valence-electron chi connectivity index (χ3n) is 3.51. The van der Waals surface area contributed by atoms with Crippen molar-refractivity contribution < 1.29 is 8.42 Å². The summed E-state index contributed by atoms with van der Waals surface area (Å²) in [5.74, 6) is 1.24. The highest BCUT2D eigenvalue weighted by atomic mass is 35.5. The van der Waals surface area contributed by atoms with Crippen LogP contribution < -0.4 is 14.9 Å². The fraction of sp³-hybridized carbons (Fsp3) is 0.375. The number of benzene rings is 1. The van der Waals surface area contributed by atoms with Crippen LogP contribution in [0.4, 0.5) is 11.8 Å². The van der Waals surface area contributed by atoms with Crippen molar-refractivity contribution in [2.75, 3.05) is 37.4 Å². The van der Waals surface area contributed by atoms with Crippen molar-refractivity contribution in [2.45, 2.75) is 18.7 Å². The topological polar surface area (TPSA) is 87.2 Å². The Labute approximate surface area is 153 Å². The highest BCUT2D eigenvalue weighted by Gasteiger charge is 2.17. The average molecular weight is 384 g/mol. The Kier molecular flexibility index (Phi) is 6.21. The molecular weight excluding hydrogens is 362 g/mol. The fourth-order valence-corrected chi connectivity index (χ4v) is 3.70. The molecular formula is C16H22ClN5O2S. The minimum atomic E-state index is -3.62. The smallest absolute Gasteiger partial charge is 0.240 e. The van der Waals surface area contributed by atoms with Gasteiger partial charge in [-0.25, -0.2) is 18.1 Å². The summed E-state index contributed by atoms with van der Waals surface area (Å²) in [5.41, 5.74) is 1.36. The van der Waals surface area contributed by atoms with Crippen LogP contribution in [0.25, 0.3) is 0 Å². The third-order valence-corrected chi connectivity index (χ3v) is 5.52. The molecule has 0 aliphatic carbocycles. The van der Waals surface area contributed by atoms with E-state index in [1.54, 1.807) is 19.1 Å². The molecule has 0 amide bonds. The van der Waals surface area contributed by atoms with Crippen LogP contribution in [0.3, 0.4) is 0 Å². The molecule has 0 atom stereocenters. The first-order chi connectivity index (χ1) is 11.7. The molecule has 1 aromatic heterocycles. The number of nitrogens with one attached hydrogen (secondary N) is 2. The molecule has 2 N–H and O–H groups in total. The van der Waals surface area contributed by atoms with E-state index in [-0.39, 0.29) is 11.4 Å². The monoisotopic (exact) mass is 383 g/mol.